The van der Waals surface area contributed by atoms with Crippen LogP contribution in [0.5, 0.6) is 0 Å². The van der Waals surface area contributed by atoms with Crippen molar-refractivity contribution in [2.24, 2.45) is 0 Å². The highest BCUT2D eigenvalue weighted by atomic mass is 16.4. The van der Waals surface area contributed by atoms with E-state index in [2.05, 4.69) is 30.9 Å². The summed E-state index contributed by atoms with van der Waals surface area (Å²) in [7, 11) is 0. The number of aromatic amines is 1. The highest BCUT2D eigenvalue weighted by Gasteiger charge is 2.11. The lowest BCUT2D eigenvalue weighted by molar-refractivity contribution is 0.101. The Labute approximate surface area is 77.7 Å². The molecule has 0 saturated heterocycles. The van der Waals surface area contributed by atoms with E-state index < -0.39 is 5.91 Å². The van der Waals surface area contributed by atoms with Gasteiger partial charge in [0.15, 0.2) is 5.69 Å². The van der Waals surface area contributed by atoms with Crippen molar-refractivity contribution < 1.29 is 9.21 Å². The van der Waals surface area contributed by atoms with E-state index in [1.165, 1.54) is 6.20 Å². The van der Waals surface area contributed by atoms with Crippen molar-refractivity contribution >= 4 is 11.9 Å². The van der Waals surface area contributed by atoms with Crippen LogP contribution >= 0.6 is 0 Å². The first-order chi connectivity index (χ1) is 6.75. The summed E-state index contributed by atoms with van der Waals surface area (Å²) < 4.78 is 4.94. The number of rotatable bonds is 2. The van der Waals surface area contributed by atoms with E-state index in [9.17, 15) is 4.79 Å². The molecule has 1 amide bonds. The molecule has 0 saturated carbocycles. The minimum atomic E-state index is -0.456. The molecule has 0 aromatic carbocycles. The van der Waals surface area contributed by atoms with E-state index >= 15 is 0 Å². The molecule has 0 radical (unpaired) electrons. The number of aryl methyl sites for hydroxylation is 1. The summed E-state index contributed by atoms with van der Waals surface area (Å²) in [4.78, 5) is 11.3. The SMILES string of the molecule is Cc1nnc(NC(=O)c2cn[nH]n2)o1. The molecule has 0 atom stereocenters. The molecule has 0 spiro atoms. The van der Waals surface area contributed by atoms with Gasteiger partial charge in [0.1, 0.15) is 0 Å². The molecule has 2 heterocycles. The minimum absolute atomic E-state index is 0.0375. The van der Waals surface area contributed by atoms with Gasteiger partial charge in [-0.2, -0.15) is 15.4 Å². The maximum Gasteiger partial charge on any atom is 0.322 e. The number of hydrogen-bond acceptors (Lipinski definition) is 6. The van der Waals surface area contributed by atoms with Crippen LogP contribution in [0, 0.1) is 6.92 Å². The van der Waals surface area contributed by atoms with Crippen LogP contribution in [-0.4, -0.2) is 31.5 Å². The Kier molecular flexibility index (Phi) is 1.94. The number of nitrogens with one attached hydrogen (secondary N) is 2. The Morgan fingerprint density at radius 3 is 3.00 bits per heavy atom. The van der Waals surface area contributed by atoms with E-state index in [-0.39, 0.29) is 11.7 Å². The van der Waals surface area contributed by atoms with Gasteiger partial charge >= 0.3 is 6.01 Å². The first-order valence-electron chi connectivity index (χ1n) is 3.73. The van der Waals surface area contributed by atoms with Gasteiger partial charge in [-0.05, 0) is 0 Å². The summed E-state index contributed by atoms with van der Waals surface area (Å²) >= 11 is 0. The molecule has 2 N–H and O–H groups in total. The second kappa shape index (κ2) is 3.24. The summed E-state index contributed by atoms with van der Waals surface area (Å²) in [6.45, 7) is 1.62. The van der Waals surface area contributed by atoms with E-state index in [0.29, 0.717) is 5.89 Å². The number of anilines is 1. The Morgan fingerprint density at radius 1 is 1.57 bits per heavy atom. The molecular formula is C6H6N6O2. The van der Waals surface area contributed by atoms with Gasteiger partial charge in [0, 0.05) is 6.92 Å². The first kappa shape index (κ1) is 8.35. The predicted molar refractivity (Wildman–Crippen MR) is 43.4 cm³/mol. The van der Waals surface area contributed by atoms with Crippen molar-refractivity contribution in [2.45, 2.75) is 6.92 Å². The van der Waals surface area contributed by atoms with E-state index in [1.54, 1.807) is 6.92 Å². The summed E-state index contributed by atoms with van der Waals surface area (Å²) in [6.07, 6.45) is 1.29. The van der Waals surface area contributed by atoms with Crippen molar-refractivity contribution in [2.75, 3.05) is 5.32 Å². The number of nitrogens with zero attached hydrogens (tertiary/aromatic N) is 4. The average molecular weight is 194 g/mol. The van der Waals surface area contributed by atoms with Crippen LogP contribution in [0.2, 0.25) is 0 Å². The molecule has 2 rings (SSSR count). The molecule has 8 nitrogen and oxygen atoms in total. The van der Waals surface area contributed by atoms with Crippen molar-refractivity contribution in [3.8, 4) is 0 Å². The van der Waals surface area contributed by atoms with Gasteiger partial charge < -0.3 is 4.42 Å². The highest BCUT2D eigenvalue weighted by Crippen LogP contribution is 2.04. The number of carbonyl (C=O) groups excluding carboxylic acids is 1. The fourth-order valence-electron chi connectivity index (χ4n) is 0.819. The zero-order chi connectivity index (χ0) is 9.97. The predicted octanol–water partition coefficient (Wildman–Crippen LogP) is -0.252. The number of amides is 1. The number of carbonyl (C=O) groups is 1. The number of H-pyrrole nitrogens is 1. The summed E-state index contributed by atoms with van der Waals surface area (Å²) in [5.74, 6) is -0.0807. The molecule has 14 heavy (non-hydrogen) atoms. The zero-order valence-corrected chi connectivity index (χ0v) is 7.18. The van der Waals surface area contributed by atoms with Gasteiger partial charge in [-0.3, -0.25) is 10.1 Å². The molecule has 0 unspecified atom stereocenters. The third-order valence-electron chi connectivity index (χ3n) is 1.39. The summed E-state index contributed by atoms with van der Waals surface area (Å²) in [6, 6.07) is 0.0375. The van der Waals surface area contributed by atoms with Crippen LogP contribution in [-0.2, 0) is 0 Å². The third kappa shape index (κ3) is 1.58. The van der Waals surface area contributed by atoms with Gasteiger partial charge in [-0.1, -0.05) is 5.10 Å². The maximum absolute atomic E-state index is 11.3. The van der Waals surface area contributed by atoms with Crippen molar-refractivity contribution in [1.29, 1.82) is 0 Å². The van der Waals surface area contributed by atoms with E-state index in [4.69, 9.17) is 4.42 Å². The third-order valence-corrected chi connectivity index (χ3v) is 1.39. The summed E-state index contributed by atoms with van der Waals surface area (Å²) in [5, 5.41) is 18.9. The Balaban J connectivity index is 2.09. The number of aromatic nitrogens is 5. The van der Waals surface area contributed by atoms with Crippen molar-refractivity contribution in [3.05, 3.63) is 17.8 Å². The van der Waals surface area contributed by atoms with Crippen molar-refractivity contribution in [3.63, 3.8) is 0 Å². The molecule has 0 bridgehead atoms. The topological polar surface area (TPSA) is 110 Å². The van der Waals surface area contributed by atoms with Gasteiger partial charge in [0.25, 0.3) is 5.91 Å². The molecule has 0 aliphatic carbocycles. The largest absolute Gasteiger partial charge is 0.408 e. The van der Waals surface area contributed by atoms with Crippen LogP contribution in [0.25, 0.3) is 0 Å². The first-order valence-corrected chi connectivity index (χ1v) is 3.73. The lowest BCUT2D eigenvalue weighted by Gasteiger charge is -1.93. The molecular weight excluding hydrogens is 188 g/mol. The molecule has 0 fully saturated rings. The van der Waals surface area contributed by atoms with Crippen LogP contribution < -0.4 is 5.32 Å². The Bertz CT molecular complexity index is 433. The minimum Gasteiger partial charge on any atom is -0.408 e. The molecule has 2 aromatic rings. The lowest BCUT2D eigenvalue weighted by Crippen LogP contribution is -2.12. The van der Waals surface area contributed by atoms with Gasteiger partial charge in [-0.25, -0.2) is 0 Å². The van der Waals surface area contributed by atoms with E-state index in [0.717, 1.165) is 0 Å². The van der Waals surface area contributed by atoms with Crippen LogP contribution in [0.4, 0.5) is 6.01 Å². The fourth-order valence-corrected chi connectivity index (χ4v) is 0.819. The number of hydrogen-bond donors (Lipinski definition) is 2. The molecule has 72 valence electrons. The quantitative estimate of drug-likeness (QED) is 0.682. The second-order valence-electron chi connectivity index (χ2n) is 2.44. The van der Waals surface area contributed by atoms with Crippen LogP contribution in [0.3, 0.4) is 0 Å². The molecule has 0 aliphatic rings. The van der Waals surface area contributed by atoms with Crippen LogP contribution in [0.1, 0.15) is 16.4 Å². The second-order valence-corrected chi connectivity index (χ2v) is 2.44. The standard InChI is InChI=1S/C6H6N6O2/c1-3-9-11-6(14-3)8-5(13)4-2-7-12-10-4/h2H,1H3,(H,7,10,12)(H,8,11,13). The lowest BCUT2D eigenvalue weighted by atomic mass is 10.4. The van der Waals surface area contributed by atoms with Gasteiger partial charge in [-0.15, -0.1) is 5.10 Å². The molecule has 2 aromatic heterocycles. The van der Waals surface area contributed by atoms with Gasteiger partial charge in [0.05, 0.1) is 6.20 Å². The monoisotopic (exact) mass is 194 g/mol. The Hall–Kier alpha value is -2.25. The molecule has 0 aliphatic heterocycles. The Morgan fingerprint density at radius 2 is 2.43 bits per heavy atom. The van der Waals surface area contributed by atoms with E-state index in [1.807, 2.05) is 0 Å². The summed E-state index contributed by atoms with van der Waals surface area (Å²) in [5.41, 5.74) is 0.154. The fraction of sp³-hybridized carbons (Fsp3) is 0.167. The smallest absolute Gasteiger partial charge is 0.322 e. The zero-order valence-electron chi connectivity index (χ0n) is 7.18. The normalized spacial score (nSPS) is 10.1. The average Bonchev–Trinajstić information content (AvgIpc) is 2.75. The molecule has 8 heteroatoms. The highest BCUT2D eigenvalue weighted by molar-refractivity contribution is 6.01. The van der Waals surface area contributed by atoms with Gasteiger partial charge in [0.2, 0.25) is 5.89 Å². The van der Waals surface area contributed by atoms with Crippen LogP contribution in [0.15, 0.2) is 10.6 Å². The maximum atomic E-state index is 11.3. The van der Waals surface area contributed by atoms with Crippen molar-refractivity contribution in [1.82, 2.24) is 25.6 Å².